The van der Waals surface area contributed by atoms with E-state index in [2.05, 4.69) is 31.0 Å². The summed E-state index contributed by atoms with van der Waals surface area (Å²) < 4.78 is 1.66. The Hall–Kier alpha value is -2.96. The van der Waals surface area contributed by atoms with Crippen LogP contribution in [0.3, 0.4) is 0 Å². The molecule has 0 saturated carbocycles. The SMILES string of the molecule is Nc1c(N2CCCC2c2cccnc2)ncnc1-n1cccn1. The zero-order chi connectivity index (χ0) is 15.6. The second kappa shape index (κ2) is 5.68. The van der Waals surface area contributed by atoms with E-state index in [1.165, 1.54) is 5.56 Å². The summed E-state index contributed by atoms with van der Waals surface area (Å²) in [6, 6.07) is 6.15. The minimum absolute atomic E-state index is 0.242. The Balaban J connectivity index is 1.74. The van der Waals surface area contributed by atoms with Crippen molar-refractivity contribution in [3.8, 4) is 5.82 Å². The maximum atomic E-state index is 6.35. The van der Waals surface area contributed by atoms with Crippen LogP contribution in [0.2, 0.25) is 0 Å². The number of anilines is 2. The van der Waals surface area contributed by atoms with Gasteiger partial charge in [0.05, 0.1) is 6.04 Å². The summed E-state index contributed by atoms with van der Waals surface area (Å²) >= 11 is 0. The Morgan fingerprint density at radius 2 is 2.04 bits per heavy atom. The van der Waals surface area contributed by atoms with Gasteiger partial charge in [0.15, 0.2) is 11.6 Å². The van der Waals surface area contributed by atoms with Crippen LogP contribution in [0.1, 0.15) is 24.4 Å². The molecule has 1 atom stereocenters. The van der Waals surface area contributed by atoms with Crippen molar-refractivity contribution >= 4 is 11.5 Å². The molecule has 0 amide bonds. The van der Waals surface area contributed by atoms with Crippen LogP contribution in [-0.4, -0.2) is 31.3 Å². The lowest BCUT2D eigenvalue weighted by Crippen LogP contribution is -2.25. The molecule has 1 unspecified atom stereocenters. The van der Waals surface area contributed by atoms with Crippen molar-refractivity contribution < 1.29 is 0 Å². The van der Waals surface area contributed by atoms with Gasteiger partial charge in [-0.25, -0.2) is 14.6 Å². The number of nitrogen functional groups attached to an aromatic ring is 1. The molecule has 3 aromatic rings. The van der Waals surface area contributed by atoms with Gasteiger partial charge >= 0.3 is 0 Å². The van der Waals surface area contributed by atoms with E-state index < -0.39 is 0 Å². The Labute approximate surface area is 133 Å². The molecule has 1 aliphatic rings. The molecule has 4 rings (SSSR count). The van der Waals surface area contributed by atoms with Crippen LogP contribution in [0.4, 0.5) is 11.5 Å². The fraction of sp³-hybridized carbons (Fsp3) is 0.250. The lowest BCUT2D eigenvalue weighted by atomic mass is 10.1. The van der Waals surface area contributed by atoms with E-state index >= 15 is 0 Å². The molecule has 0 radical (unpaired) electrons. The first-order valence-corrected chi connectivity index (χ1v) is 7.61. The van der Waals surface area contributed by atoms with Crippen molar-refractivity contribution in [3.05, 3.63) is 54.9 Å². The summed E-state index contributed by atoms with van der Waals surface area (Å²) in [6.07, 6.45) is 10.9. The first kappa shape index (κ1) is 13.7. The molecule has 0 aromatic carbocycles. The number of nitrogens with two attached hydrogens (primary N) is 1. The molecule has 7 heteroatoms. The fourth-order valence-electron chi connectivity index (χ4n) is 3.12. The monoisotopic (exact) mass is 307 g/mol. The lowest BCUT2D eigenvalue weighted by molar-refractivity contribution is 0.706. The number of nitrogens with zero attached hydrogens (tertiary/aromatic N) is 6. The van der Waals surface area contributed by atoms with Gasteiger partial charge in [-0.15, -0.1) is 0 Å². The average Bonchev–Trinajstić information content (AvgIpc) is 3.28. The van der Waals surface area contributed by atoms with Gasteiger partial charge in [-0.1, -0.05) is 6.07 Å². The standard InChI is InChI=1S/C16H17N7/c17-14-15(19-11-20-16(14)23-9-3-7-21-23)22-8-2-5-13(22)12-4-1-6-18-10-12/h1,3-4,6-7,9-11,13H,2,5,8,17H2. The van der Waals surface area contributed by atoms with Gasteiger partial charge in [0.2, 0.25) is 0 Å². The molecule has 4 heterocycles. The average molecular weight is 307 g/mol. The van der Waals surface area contributed by atoms with E-state index in [0.29, 0.717) is 11.5 Å². The third-order valence-corrected chi connectivity index (χ3v) is 4.16. The summed E-state index contributed by atoms with van der Waals surface area (Å²) in [5, 5.41) is 4.21. The third kappa shape index (κ3) is 2.40. The second-order valence-electron chi connectivity index (χ2n) is 5.52. The highest BCUT2D eigenvalue weighted by Crippen LogP contribution is 2.38. The summed E-state index contributed by atoms with van der Waals surface area (Å²) in [5.41, 5.74) is 8.08. The maximum absolute atomic E-state index is 6.35. The van der Waals surface area contributed by atoms with Crippen molar-refractivity contribution in [1.29, 1.82) is 0 Å². The predicted octanol–water partition coefficient (Wildman–Crippen LogP) is 1.98. The largest absolute Gasteiger partial charge is 0.393 e. The van der Waals surface area contributed by atoms with E-state index in [9.17, 15) is 0 Å². The molecule has 0 aliphatic carbocycles. The van der Waals surface area contributed by atoms with Crippen molar-refractivity contribution in [2.75, 3.05) is 17.2 Å². The molecular formula is C16H17N7. The van der Waals surface area contributed by atoms with Crippen LogP contribution in [0.25, 0.3) is 5.82 Å². The van der Waals surface area contributed by atoms with Gasteiger partial charge in [-0.05, 0) is 30.5 Å². The fourth-order valence-corrected chi connectivity index (χ4v) is 3.12. The number of hydrogen-bond donors (Lipinski definition) is 1. The molecule has 0 bridgehead atoms. The molecule has 1 saturated heterocycles. The van der Waals surface area contributed by atoms with Crippen LogP contribution in [0.15, 0.2) is 49.3 Å². The highest BCUT2D eigenvalue weighted by Gasteiger charge is 2.29. The maximum Gasteiger partial charge on any atom is 0.181 e. The van der Waals surface area contributed by atoms with E-state index in [1.807, 2.05) is 24.5 Å². The van der Waals surface area contributed by atoms with Crippen molar-refractivity contribution in [2.45, 2.75) is 18.9 Å². The Kier molecular flexibility index (Phi) is 3.38. The van der Waals surface area contributed by atoms with Gasteiger partial charge < -0.3 is 10.6 Å². The summed E-state index contributed by atoms with van der Waals surface area (Å²) in [5.74, 6) is 1.37. The van der Waals surface area contributed by atoms with Crippen LogP contribution < -0.4 is 10.6 Å². The first-order chi connectivity index (χ1) is 11.3. The van der Waals surface area contributed by atoms with E-state index in [1.54, 1.807) is 23.4 Å². The zero-order valence-electron chi connectivity index (χ0n) is 12.6. The molecule has 23 heavy (non-hydrogen) atoms. The summed E-state index contributed by atoms with van der Waals surface area (Å²) in [4.78, 5) is 15.2. The normalized spacial score (nSPS) is 17.6. The highest BCUT2D eigenvalue weighted by molar-refractivity contribution is 5.71. The number of aromatic nitrogens is 5. The molecule has 7 nitrogen and oxygen atoms in total. The van der Waals surface area contributed by atoms with Gasteiger partial charge in [0.1, 0.15) is 12.0 Å². The summed E-state index contributed by atoms with van der Waals surface area (Å²) in [7, 11) is 0. The molecular weight excluding hydrogens is 290 g/mol. The minimum atomic E-state index is 0.242. The first-order valence-electron chi connectivity index (χ1n) is 7.61. The predicted molar refractivity (Wildman–Crippen MR) is 87.1 cm³/mol. The van der Waals surface area contributed by atoms with E-state index in [-0.39, 0.29) is 6.04 Å². The van der Waals surface area contributed by atoms with Gasteiger partial charge in [-0.3, -0.25) is 4.98 Å². The van der Waals surface area contributed by atoms with Gasteiger partial charge in [-0.2, -0.15) is 5.10 Å². The molecule has 3 aromatic heterocycles. The molecule has 1 aliphatic heterocycles. The Morgan fingerprint density at radius 1 is 1.13 bits per heavy atom. The van der Waals surface area contributed by atoms with Crippen molar-refractivity contribution in [1.82, 2.24) is 24.7 Å². The molecule has 2 N–H and O–H groups in total. The van der Waals surface area contributed by atoms with Crippen LogP contribution >= 0.6 is 0 Å². The van der Waals surface area contributed by atoms with Crippen LogP contribution in [-0.2, 0) is 0 Å². The van der Waals surface area contributed by atoms with E-state index in [4.69, 9.17) is 5.73 Å². The molecule has 116 valence electrons. The Morgan fingerprint density at radius 3 is 2.83 bits per heavy atom. The minimum Gasteiger partial charge on any atom is -0.393 e. The number of hydrogen-bond acceptors (Lipinski definition) is 6. The van der Waals surface area contributed by atoms with Crippen LogP contribution in [0, 0.1) is 0 Å². The molecule has 0 spiro atoms. The van der Waals surface area contributed by atoms with E-state index in [0.717, 1.165) is 25.2 Å². The second-order valence-corrected chi connectivity index (χ2v) is 5.52. The summed E-state index contributed by atoms with van der Waals surface area (Å²) in [6.45, 7) is 0.916. The topological polar surface area (TPSA) is 85.8 Å². The molecule has 1 fully saturated rings. The van der Waals surface area contributed by atoms with Gasteiger partial charge in [0, 0.05) is 31.3 Å². The zero-order valence-corrected chi connectivity index (χ0v) is 12.6. The highest BCUT2D eigenvalue weighted by atomic mass is 15.3. The van der Waals surface area contributed by atoms with Crippen LogP contribution in [0.5, 0.6) is 0 Å². The van der Waals surface area contributed by atoms with Crippen molar-refractivity contribution in [3.63, 3.8) is 0 Å². The number of pyridine rings is 1. The smallest absolute Gasteiger partial charge is 0.181 e. The Bertz CT molecular complexity index is 785. The number of rotatable bonds is 3. The quantitative estimate of drug-likeness (QED) is 0.796. The lowest BCUT2D eigenvalue weighted by Gasteiger charge is -2.27. The van der Waals surface area contributed by atoms with Crippen molar-refractivity contribution in [2.24, 2.45) is 0 Å². The third-order valence-electron chi connectivity index (χ3n) is 4.16. The van der Waals surface area contributed by atoms with Gasteiger partial charge in [0.25, 0.3) is 0 Å².